The Morgan fingerprint density at radius 2 is 1.77 bits per heavy atom. The highest BCUT2D eigenvalue weighted by atomic mass is 16.3. The third-order valence-electron chi connectivity index (χ3n) is 5.68. The SMILES string of the molecule is CCN(CC)c1cc(C)c2nc3c4ccccc4c(=Nc4cccnc4)cc-3oc2c1. The molecule has 5 rings (SSSR count). The first-order valence-corrected chi connectivity index (χ1v) is 10.6. The van der Waals surface area contributed by atoms with E-state index in [0.29, 0.717) is 0 Å². The fourth-order valence-electron chi connectivity index (χ4n) is 4.11. The molecule has 1 aliphatic carbocycles. The third-order valence-corrected chi connectivity index (χ3v) is 5.68. The maximum Gasteiger partial charge on any atom is 0.155 e. The van der Waals surface area contributed by atoms with E-state index < -0.39 is 0 Å². The van der Waals surface area contributed by atoms with Crippen LogP contribution in [0.1, 0.15) is 19.4 Å². The molecular weight excluding hydrogens is 384 g/mol. The Balaban J connectivity index is 1.83. The van der Waals surface area contributed by atoms with E-state index in [9.17, 15) is 0 Å². The van der Waals surface area contributed by atoms with Crippen molar-refractivity contribution < 1.29 is 4.42 Å². The second-order valence-corrected chi connectivity index (χ2v) is 7.61. The summed E-state index contributed by atoms with van der Waals surface area (Å²) >= 11 is 0. The van der Waals surface area contributed by atoms with Crippen LogP contribution in [0.2, 0.25) is 0 Å². The highest BCUT2D eigenvalue weighted by molar-refractivity contribution is 5.97. The van der Waals surface area contributed by atoms with Crippen molar-refractivity contribution in [2.45, 2.75) is 20.8 Å². The number of hydrogen-bond donors (Lipinski definition) is 0. The van der Waals surface area contributed by atoms with Crippen molar-refractivity contribution in [1.29, 1.82) is 0 Å². The van der Waals surface area contributed by atoms with E-state index in [0.717, 1.165) is 68.7 Å². The zero-order chi connectivity index (χ0) is 21.4. The molecule has 0 atom stereocenters. The molecule has 1 aromatic heterocycles. The number of anilines is 1. The Hall–Kier alpha value is -3.73. The first-order valence-electron chi connectivity index (χ1n) is 10.6. The molecule has 0 unspecified atom stereocenters. The van der Waals surface area contributed by atoms with Gasteiger partial charge in [0, 0.05) is 47.9 Å². The van der Waals surface area contributed by atoms with Gasteiger partial charge in [-0.2, -0.15) is 0 Å². The number of pyridine rings is 1. The summed E-state index contributed by atoms with van der Waals surface area (Å²) in [6.45, 7) is 8.31. The average molecular weight is 409 g/mol. The van der Waals surface area contributed by atoms with Crippen molar-refractivity contribution in [3.63, 3.8) is 0 Å². The summed E-state index contributed by atoms with van der Waals surface area (Å²) in [5.74, 6) is 0.727. The molecule has 5 nitrogen and oxygen atoms in total. The van der Waals surface area contributed by atoms with Gasteiger partial charge in [-0.1, -0.05) is 24.3 Å². The van der Waals surface area contributed by atoms with Crippen LogP contribution in [0.3, 0.4) is 0 Å². The van der Waals surface area contributed by atoms with Crippen LogP contribution in [0.4, 0.5) is 11.4 Å². The summed E-state index contributed by atoms with van der Waals surface area (Å²) < 4.78 is 6.43. The lowest BCUT2D eigenvalue weighted by atomic mass is 10.0. The minimum atomic E-state index is 0.727. The van der Waals surface area contributed by atoms with Crippen LogP contribution in [0.15, 0.2) is 76.4 Å². The monoisotopic (exact) mass is 408 g/mol. The molecule has 0 saturated heterocycles. The van der Waals surface area contributed by atoms with Crippen LogP contribution in [0.25, 0.3) is 33.3 Å². The van der Waals surface area contributed by atoms with Gasteiger partial charge in [0.25, 0.3) is 0 Å². The first-order chi connectivity index (χ1) is 15.2. The molecule has 154 valence electrons. The molecule has 3 aromatic rings. The molecular formula is C26H24N4O. The van der Waals surface area contributed by atoms with Gasteiger partial charge in [0.15, 0.2) is 11.3 Å². The molecule has 0 fully saturated rings. The van der Waals surface area contributed by atoms with Crippen molar-refractivity contribution >= 4 is 33.2 Å². The summed E-state index contributed by atoms with van der Waals surface area (Å²) in [5.41, 5.74) is 5.61. The number of aromatic nitrogens is 2. The lowest BCUT2D eigenvalue weighted by molar-refractivity contribution is 0.613. The number of aryl methyl sites for hydroxylation is 1. The van der Waals surface area contributed by atoms with Crippen molar-refractivity contribution in [3.8, 4) is 11.5 Å². The predicted molar refractivity (Wildman–Crippen MR) is 126 cm³/mol. The van der Waals surface area contributed by atoms with E-state index in [4.69, 9.17) is 14.4 Å². The molecule has 0 saturated carbocycles. The summed E-state index contributed by atoms with van der Waals surface area (Å²) in [5, 5.41) is 2.91. The van der Waals surface area contributed by atoms with Gasteiger partial charge in [-0.3, -0.25) is 4.98 Å². The molecule has 2 aromatic carbocycles. The second kappa shape index (κ2) is 7.84. The average Bonchev–Trinajstić information content (AvgIpc) is 2.80. The number of hydrogen-bond acceptors (Lipinski definition) is 5. The van der Waals surface area contributed by atoms with Crippen molar-refractivity contribution in [2.24, 2.45) is 4.99 Å². The Morgan fingerprint density at radius 3 is 2.52 bits per heavy atom. The van der Waals surface area contributed by atoms with Gasteiger partial charge < -0.3 is 9.32 Å². The Kier molecular flexibility index (Phi) is 4.86. The van der Waals surface area contributed by atoms with Gasteiger partial charge >= 0.3 is 0 Å². The molecule has 0 bridgehead atoms. The summed E-state index contributed by atoms with van der Waals surface area (Å²) in [6.07, 6.45) is 3.51. The molecule has 0 amide bonds. The van der Waals surface area contributed by atoms with Gasteiger partial charge in [-0.15, -0.1) is 0 Å². The predicted octanol–water partition coefficient (Wildman–Crippen LogP) is 5.87. The van der Waals surface area contributed by atoms with Crippen LogP contribution in [0.5, 0.6) is 0 Å². The van der Waals surface area contributed by atoms with E-state index >= 15 is 0 Å². The largest absolute Gasteiger partial charge is 0.453 e. The van der Waals surface area contributed by atoms with E-state index in [-0.39, 0.29) is 0 Å². The number of nitrogens with zero attached hydrogens (tertiary/aromatic N) is 4. The zero-order valence-electron chi connectivity index (χ0n) is 18.0. The van der Waals surface area contributed by atoms with Crippen molar-refractivity contribution in [2.75, 3.05) is 18.0 Å². The molecule has 31 heavy (non-hydrogen) atoms. The van der Waals surface area contributed by atoms with Gasteiger partial charge in [-0.05, 0) is 44.5 Å². The lowest BCUT2D eigenvalue weighted by Gasteiger charge is -2.22. The quantitative estimate of drug-likeness (QED) is 0.276. The maximum atomic E-state index is 6.43. The summed E-state index contributed by atoms with van der Waals surface area (Å²) in [7, 11) is 0. The van der Waals surface area contributed by atoms with Crippen LogP contribution >= 0.6 is 0 Å². The standard InChI is InChI=1S/C26H24N4O/c1-4-30(5-2)19-13-17(3)25-23(14-19)31-24-15-22(28-18-9-8-12-27-16-18)20-10-6-7-11-21(20)26(24)29-25/h6-16H,4-5H2,1-3H3. The van der Waals surface area contributed by atoms with E-state index in [1.54, 1.807) is 12.4 Å². The summed E-state index contributed by atoms with van der Waals surface area (Å²) in [4.78, 5) is 16.4. The molecule has 0 N–H and O–H groups in total. The molecule has 2 heterocycles. The molecule has 2 aliphatic rings. The van der Waals surface area contributed by atoms with Gasteiger partial charge in [0.05, 0.1) is 17.2 Å². The zero-order valence-corrected chi connectivity index (χ0v) is 18.0. The van der Waals surface area contributed by atoms with E-state index in [1.165, 1.54) is 0 Å². The van der Waals surface area contributed by atoms with Gasteiger partial charge in [0.2, 0.25) is 0 Å². The third kappa shape index (κ3) is 3.42. The van der Waals surface area contributed by atoms with E-state index in [2.05, 4.69) is 54.9 Å². The maximum absolute atomic E-state index is 6.43. The first kappa shape index (κ1) is 19.2. The second-order valence-electron chi connectivity index (χ2n) is 7.61. The normalized spacial score (nSPS) is 12.2. The van der Waals surface area contributed by atoms with Crippen LogP contribution in [-0.2, 0) is 0 Å². The smallest absolute Gasteiger partial charge is 0.155 e. The molecule has 0 radical (unpaired) electrons. The summed E-state index contributed by atoms with van der Waals surface area (Å²) in [6, 6.07) is 18.3. The highest BCUT2D eigenvalue weighted by Gasteiger charge is 2.17. The number of fused-ring (bicyclic) bond motifs is 4. The van der Waals surface area contributed by atoms with Crippen LogP contribution < -0.4 is 10.3 Å². The van der Waals surface area contributed by atoms with Crippen LogP contribution in [0, 0.1) is 6.92 Å². The molecule has 0 spiro atoms. The topological polar surface area (TPSA) is 54.5 Å². The lowest BCUT2D eigenvalue weighted by Crippen LogP contribution is -2.21. The molecule has 1 aliphatic heterocycles. The fraction of sp³-hybridized carbons (Fsp3) is 0.192. The minimum absolute atomic E-state index is 0.727. The minimum Gasteiger partial charge on any atom is -0.453 e. The number of benzene rings is 3. The van der Waals surface area contributed by atoms with Gasteiger partial charge in [0.1, 0.15) is 11.2 Å². The van der Waals surface area contributed by atoms with Crippen molar-refractivity contribution in [3.05, 3.63) is 77.9 Å². The fourth-order valence-corrected chi connectivity index (χ4v) is 4.11. The van der Waals surface area contributed by atoms with Crippen molar-refractivity contribution in [1.82, 2.24) is 9.97 Å². The molecule has 5 heteroatoms. The number of rotatable bonds is 4. The van der Waals surface area contributed by atoms with Crippen LogP contribution in [-0.4, -0.2) is 23.1 Å². The van der Waals surface area contributed by atoms with E-state index in [1.807, 2.05) is 30.3 Å². The van der Waals surface area contributed by atoms with Gasteiger partial charge in [-0.25, -0.2) is 9.98 Å². The highest BCUT2D eigenvalue weighted by Crippen LogP contribution is 2.33. The Bertz CT molecular complexity index is 1420. The Labute approximate surface area is 181 Å². The Morgan fingerprint density at radius 1 is 0.968 bits per heavy atom.